The van der Waals surface area contributed by atoms with Gasteiger partial charge >= 0.3 is 0 Å². The number of rotatable bonds is 2. The lowest BCUT2D eigenvalue weighted by molar-refractivity contribution is -0.115. The third kappa shape index (κ3) is 2.21. The van der Waals surface area contributed by atoms with E-state index >= 15 is 0 Å². The average Bonchev–Trinajstić information content (AvgIpc) is 2.77. The summed E-state index contributed by atoms with van der Waals surface area (Å²) >= 11 is 0. The smallest absolute Gasteiger partial charge is 0.228 e. The molecule has 0 fully saturated rings. The summed E-state index contributed by atoms with van der Waals surface area (Å²) in [6.07, 6.45) is 0.447. The molecule has 0 aromatic heterocycles. The second kappa shape index (κ2) is 4.76. The molecule has 20 heavy (non-hydrogen) atoms. The number of carbonyl (C=O) groups excluding carboxylic acids is 1. The van der Waals surface area contributed by atoms with E-state index in [1.807, 2.05) is 18.2 Å². The summed E-state index contributed by atoms with van der Waals surface area (Å²) in [6, 6.07) is 12.1. The van der Waals surface area contributed by atoms with Crippen LogP contribution in [0.2, 0.25) is 0 Å². The monoisotopic (exact) mass is 266 g/mol. The summed E-state index contributed by atoms with van der Waals surface area (Å²) in [6.45, 7) is 4.16. The van der Waals surface area contributed by atoms with Gasteiger partial charge in [0.1, 0.15) is 0 Å². The number of aryl methyl sites for hydroxylation is 2. The predicted octanol–water partition coefficient (Wildman–Crippen LogP) is 2.85. The van der Waals surface area contributed by atoms with Crippen molar-refractivity contribution >= 4 is 11.6 Å². The molecule has 1 aliphatic heterocycles. The molecule has 3 heteroatoms. The van der Waals surface area contributed by atoms with E-state index in [0.29, 0.717) is 6.42 Å². The van der Waals surface area contributed by atoms with Gasteiger partial charge < -0.3 is 11.1 Å². The highest BCUT2D eigenvalue weighted by Gasteiger charge is 2.19. The van der Waals surface area contributed by atoms with Crippen LogP contribution in [-0.2, 0) is 11.2 Å². The molecule has 1 amide bonds. The van der Waals surface area contributed by atoms with Gasteiger partial charge in [0.15, 0.2) is 0 Å². The lowest BCUT2D eigenvalue weighted by Crippen LogP contribution is -2.13. The number of hydrogen-bond donors (Lipinski definition) is 2. The molecule has 0 saturated heterocycles. The second-order valence-corrected chi connectivity index (χ2v) is 5.48. The van der Waals surface area contributed by atoms with Gasteiger partial charge in [-0.1, -0.05) is 35.9 Å². The largest absolute Gasteiger partial charge is 0.326 e. The van der Waals surface area contributed by atoms with E-state index in [0.717, 1.165) is 22.4 Å². The molecule has 0 saturated carbocycles. The van der Waals surface area contributed by atoms with Crippen LogP contribution in [0.25, 0.3) is 0 Å². The van der Waals surface area contributed by atoms with Crippen LogP contribution in [0.5, 0.6) is 0 Å². The fourth-order valence-electron chi connectivity index (χ4n) is 2.80. The van der Waals surface area contributed by atoms with E-state index in [-0.39, 0.29) is 11.9 Å². The first-order valence-electron chi connectivity index (χ1n) is 6.80. The lowest BCUT2D eigenvalue weighted by atomic mass is 9.93. The van der Waals surface area contributed by atoms with Crippen molar-refractivity contribution in [3.63, 3.8) is 0 Å². The van der Waals surface area contributed by atoms with Gasteiger partial charge in [-0.3, -0.25) is 4.79 Å². The Labute approximate surface area is 118 Å². The van der Waals surface area contributed by atoms with Gasteiger partial charge in [0.25, 0.3) is 0 Å². The molecule has 0 spiro atoms. The summed E-state index contributed by atoms with van der Waals surface area (Å²) in [5.41, 5.74) is 13.0. The number of nitrogens with two attached hydrogens (primary N) is 1. The van der Waals surface area contributed by atoms with Crippen LogP contribution in [0.15, 0.2) is 36.4 Å². The Kier molecular flexibility index (Phi) is 3.07. The van der Waals surface area contributed by atoms with Crippen molar-refractivity contribution < 1.29 is 4.79 Å². The first kappa shape index (κ1) is 12.9. The molecule has 1 heterocycles. The molecule has 1 aliphatic rings. The van der Waals surface area contributed by atoms with Crippen LogP contribution in [0.3, 0.4) is 0 Å². The molecule has 2 aromatic rings. The van der Waals surface area contributed by atoms with E-state index in [9.17, 15) is 4.79 Å². The van der Waals surface area contributed by atoms with E-state index in [1.54, 1.807) is 0 Å². The van der Waals surface area contributed by atoms with Gasteiger partial charge in [0.2, 0.25) is 5.91 Å². The summed E-state index contributed by atoms with van der Waals surface area (Å²) < 4.78 is 0. The molecular weight excluding hydrogens is 248 g/mol. The maximum Gasteiger partial charge on any atom is 0.228 e. The Morgan fingerprint density at radius 1 is 1.15 bits per heavy atom. The minimum Gasteiger partial charge on any atom is -0.326 e. The number of hydrogen-bond acceptors (Lipinski definition) is 2. The molecule has 3 rings (SSSR count). The molecule has 3 nitrogen and oxygen atoms in total. The zero-order valence-electron chi connectivity index (χ0n) is 11.7. The van der Waals surface area contributed by atoms with Crippen LogP contribution >= 0.6 is 0 Å². The highest BCUT2D eigenvalue weighted by molar-refractivity contribution is 5.99. The number of carbonyl (C=O) groups is 1. The highest BCUT2D eigenvalue weighted by Crippen LogP contribution is 2.29. The molecule has 1 unspecified atom stereocenters. The molecule has 102 valence electrons. The molecule has 0 aliphatic carbocycles. The van der Waals surface area contributed by atoms with Crippen molar-refractivity contribution in [1.82, 2.24) is 0 Å². The Bertz CT molecular complexity index is 691. The zero-order valence-corrected chi connectivity index (χ0v) is 11.7. The van der Waals surface area contributed by atoms with E-state index in [1.165, 1.54) is 11.1 Å². The topological polar surface area (TPSA) is 55.1 Å². The molecular formula is C17H18N2O. The van der Waals surface area contributed by atoms with Crippen LogP contribution in [-0.4, -0.2) is 5.91 Å². The van der Waals surface area contributed by atoms with Crippen LogP contribution in [0, 0.1) is 13.8 Å². The lowest BCUT2D eigenvalue weighted by Gasteiger charge is -2.16. The number of nitrogens with one attached hydrogen (secondary N) is 1. The summed E-state index contributed by atoms with van der Waals surface area (Å²) in [4.78, 5) is 11.4. The number of benzene rings is 2. The van der Waals surface area contributed by atoms with Crippen molar-refractivity contribution in [2.45, 2.75) is 26.3 Å². The van der Waals surface area contributed by atoms with Crippen LogP contribution in [0.1, 0.15) is 33.9 Å². The van der Waals surface area contributed by atoms with E-state index in [2.05, 4.69) is 37.4 Å². The Hall–Kier alpha value is -2.13. The van der Waals surface area contributed by atoms with Gasteiger partial charge in [0.05, 0.1) is 12.5 Å². The fourth-order valence-corrected chi connectivity index (χ4v) is 2.80. The first-order chi connectivity index (χ1) is 9.54. The third-order valence-corrected chi connectivity index (χ3v) is 3.87. The summed E-state index contributed by atoms with van der Waals surface area (Å²) in [7, 11) is 0. The van der Waals surface area contributed by atoms with Crippen LogP contribution in [0.4, 0.5) is 5.69 Å². The van der Waals surface area contributed by atoms with Gasteiger partial charge in [-0.2, -0.15) is 0 Å². The maximum absolute atomic E-state index is 11.4. The third-order valence-electron chi connectivity index (χ3n) is 3.87. The number of anilines is 1. The van der Waals surface area contributed by atoms with Crippen LogP contribution < -0.4 is 11.1 Å². The summed E-state index contributed by atoms with van der Waals surface area (Å²) in [5.74, 6) is 0.0530. The minimum absolute atomic E-state index is 0.0530. The van der Waals surface area contributed by atoms with Gasteiger partial charge in [-0.05, 0) is 42.2 Å². The Balaban J connectivity index is 1.97. The standard InChI is InChI=1S/C17H18N2O/c1-10-3-5-14(11(2)7-10)17(18)12-4-6-15-13(8-12)9-16(20)19-15/h3-8,17H,9,18H2,1-2H3,(H,19,20). The van der Waals surface area contributed by atoms with E-state index < -0.39 is 0 Å². The molecule has 1 atom stereocenters. The van der Waals surface area contributed by atoms with Crippen molar-refractivity contribution in [3.8, 4) is 0 Å². The highest BCUT2D eigenvalue weighted by atomic mass is 16.1. The van der Waals surface area contributed by atoms with Crippen molar-refractivity contribution in [3.05, 3.63) is 64.2 Å². The Morgan fingerprint density at radius 3 is 2.70 bits per heavy atom. The average molecular weight is 266 g/mol. The van der Waals surface area contributed by atoms with E-state index in [4.69, 9.17) is 5.73 Å². The van der Waals surface area contributed by atoms with Crippen molar-refractivity contribution in [1.29, 1.82) is 0 Å². The number of fused-ring (bicyclic) bond motifs is 1. The van der Waals surface area contributed by atoms with Gasteiger partial charge in [0, 0.05) is 5.69 Å². The molecule has 0 bridgehead atoms. The maximum atomic E-state index is 11.4. The quantitative estimate of drug-likeness (QED) is 0.878. The minimum atomic E-state index is -0.156. The first-order valence-corrected chi connectivity index (χ1v) is 6.80. The SMILES string of the molecule is Cc1ccc(C(N)c2ccc3c(c2)CC(=O)N3)c(C)c1. The van der Waals surface area contributed by atoms with Crippen molar-refractivity contribution in [2.24, 2.45) is 5.73 Å². The Morgan fingerprint density at radius 2 is 1.95 bits per heavy atom. The van der Waals surface area contributed by atoms with Crippen molar-refractivity contribution in [2.75, 3.05) is 5.32 Å². The van der Waals surface area contributed by atoms with Gasteiger partial charge in [-0.25, -0.2) is 0 Å². The normalized spacial score (nSPS) is 14.8. The molecule has 3 N–H and O–H groups in total. The van der Waals surface area contributed by atoms with Gasteiger partial charge in [-0.15, -0.1) is 0 Å². The second-order valence-electron chi connectivity index (χ2n) is 5.48. The molecule has 0 radical (unpaired) electrons. The number of amides is 1. The summed E-state index contributed by atoms with van der Waals surface area (Å²) in [5, 5.41) is 2.84. The fraction of sp³-hybridized carbons (Fsp3) is 0.235. The molecule has 2 aromatic carbocycles. The predicted molar refractivity (Wildman–Crippen MR) is 80.7 cm³/mol. The zero-order chi connectivity index (χ0) is 14.3.